The van der Waals surface area contributed by atoms with E-state index in [1.165, 1.54) is 0 Å². The molecule has 19 heavy (non-hydrogen) atoms. The molecule has 2 N–H and O–H groups in total. The lowest BCUT2D eigenvalue weighted by Crippen LogP contribution is -2.32. The van der Waals surface area contributed by atoms with Gasteiger partial charge in [-0.2, -0.15) is 0 Å². The van der Waals surface area contributed by atoms with Gasteiger partial charge in [0.2, 0.25) is 11.8 Å². The Hall–Kier alpha value is -1.10. The summed E-state index contributed by atoms with van der Waals surface area (Å²) in [5, 5.41) is 5.59. The molecule has 0 aliphatic carbocycles. The van der Waals surface area contributed by atoms with Crippen molar-refractivity contribution in [2.75, 3.05) is 19.7 Å². The molecular weight excluding hydrogens is 244 g/mol. The van der Waals surface area contributed by atoms with E-state index in [4.69, 9.17) is 4.74 Å². The Kier molecular flexibility index (Phi) is 10.2. The zero-order valence-electron chi connectivity index (χ0n) is 12.6. The molecule has 0 aromatic heterocycles. The molecule has 0 bridgehead atoms. The topological polar surface area (TPSA) is 67.4 Å². The summed E-state index contributed by atoms with van der Waals surface area (Å²) in [6.07, 6.45) is 2.29. The van der Waals surface area contributed by atoms with Gasteiger partial charge in [0, 0.05) is 19.5 Å². The molecule has 0 rings (SSSR count). The Balaban J connectivity index is 3.39. The van der Waals surface area contributed by atoms with Crippen molar-refractivity contribution < 1.29 is 14.3 Å². The molecule has 0 heterocycles. The van der Waals surface area contributed by atoms with Gasteiger partial charge in [0.25, 0.3) is 0 Å². The standard InChI is InChI=1S/C14H28N2O3/c1-11(2)6-7-13(17)15-8-5-9-16-14(18)10-19-12(3)4/h11-12H,5-10H2,1-4H3,(H,15,17)(H,16,18). The first-order valence-corrected chi connectivity index (χ1v) is 7.06. The second kappa shape index (κ2) is 10.8. The van der Waals surface area contributed by atoms with E-state index >= 15 is 0 Å². The summed E-state index contributed by atoms with van der Waals surface area (Å²) in [4.78, 5) is 22.7. The van der Waals surface area contributed by atoms with Gasteiger partial charge in [-0.15, -0.1) is 0 Å². The van der Waals surface area contributed by atoms with Crippen LogP contribution < -0.4 is 10.6 Å². The summed E-state index contributed by atoms with van der Waals surface area (Å²) in [6.45, 7) is 9.23. The van der Waals surface area contributed by atoms with Crippen LogP contribution in [-0.4, -0.2) is 37.6 Å². The highest BCUT2D eigenvalue weighted by Gasteiger charge is 2.04. The largest absolute Gasteiger partial charge is 0.369 e. The first-order valence-electron chi connectivity index (χ1n) is 7.06. The van der Waals surface area contributed by atoms with Crippen molar-refractivity contribution in [3.05, 3.63) is 0 Å². The number of ether oxygens (including phenoxy) is 1. The first kappa shape index (κ1) is 17.9. The molecule has 0 fully saturated rings. The minimum Gasteiger partial charge on any atom is -0.369 e. The van der Waals surface area contributed by atoms with Crippen LogP contribution in [-0.2, 0) is 14.3 Å². The van der Waals surface area contributed by atoms with Gasteiger partial charge in [-0.1, -0.05) is 13.8 Å². The van der Waals surface area contributed by atoms with Crippen molar-refractivity contribution in [2.24, 2.45) is 5.92 Å². The minimum absolute atomic E-state index is 0.0611. The Labute approximate surface area is 116 Å². The number of carbonyl (C=O) groups excluding carboxylic acids is 2. The van der Waals surface area contributed by atoms with Gasteiger partial charge < -0.3 is 15.4 Å². The van der Waals surface area contributed by atoms with Gasteiger partial charge >= 0.3 is 0 Å². The predicted octanol–water partition coefficient (Wildman–Crippen LogP) is 1.47. The molecular formula is C14H28N2O3. The number of nitrogens with one attached hydrogen (secondary N) is 2. The van der Waals surface area contributed by atoms with Gasteiger partial charge in [0.1, 0.15) is 6.61 Å². The molecule has 0 radical (unpaired) electrons. The van der Waals surface area contributed by atoms with Crippen molar-refractivity contribution in [1.29, 1.82) is 0 Å². The van der Waals surface area contributed by atoms with Crippen LogP contribution in [0, 0.1) is 5.92 Å². The lowest BCUT2D eigenvalue weighted by atomic mass is 10.1. The van der Waals surface area contributed by atoms with Crippen LogP contribution in [0.5, 0.6) is 0 Å². The van der Waals surface area contributed by atoms with Crippen LogP contribution in [0.1, 0.15) is 47.0 Å². The maximum absolute atomic E-state index is 11.4. The molecule has 0 unspecified atom stereocenters. The summed E-state index contributed by atoms with van der Waals surface area (Å²) in [5.74, 6) is 0.522. The predicted molar refractivity (Wildman–Crippen MR) is 75.8 cm³/mol. The first-order chi connectivity index (χ1) is 8.91. The monoisotopic (exact) mass is 272 g/mol. The Morgan fingerprint density at radius 2 is 1.58 bits per heavy atom. The van der Waals surface area contributed by atoms with Crippen LogP contribution in [0.25, 0.3) is 0 Å². The summed E-state index contributed by atoms with van der Waals surface area (Å²) in [6, 6.07) is 0. The van der Waals surface area contributed by atoms with E-state index in [2.05, 4.69) is 24.5 Å². The van der Waals surface area contributed by atoms with Crippen molar-refractivity contribution in [2.45, 2.75) is 53.1 Å². The lowest BCUT2D eigenvalue weighted by Gasteiger charge is -2.09. The van der Waals surface area contributed by atoms with E-state index in [1.54, 1.807) is 0 Å². The Morgan fingerprint density at radius 1 is 1.00 bits per heavy atom. The second-order valence-corrected chi connectivity index (χ2v) is 5.35. The average Bonchev–Trinajstić information content (AvgIpc) is 2.33. The van der Waals surface area contributed by atoms with Crippen LogP contribution in [0.2, 0.25) is 0 Å². The fourth-order valence-electron chi connectivity index (χ4n) is 1.35. The SMILES string of the molecule is CC(C)CCC(=O)NCCCNC(=O)COC(C)C. The van der Waals surface area contributed by atoms with Gasteiger partial charge in [-0.3, -0.25) is 9.59 Å². The molecule has 5 heteroatoms. The quantitative estimate of drug-likeness (QED) is 0.592. The smallest absolute Gasteiger partial charge is 0.246 e. The van der Waals surface area contributed by atoms with E-state index in [-0.39, 0.29) is 24.5 Å². The van der Waals surface area contributed by atoms with Gasteiger partial charge in [-0.05, 0) is 32.6 Å². The van der Waals surface area contributed by atoms with Crippen LogP contribution >= 0.6 is 0 Å². The molecule has 0 aromatic rings. The summed E-state index contributed by atoms with van der Waals surface area (Å²) in [7, 11) is 0. The zero-order valence-corrected chi connectivity index (χ0v) is 12.6. The fraction of sp³-hybridized carbons (Fsp3) is 0.857. The van der Waals surface area contributed by atoms with Crippen molar-refractivity contribution in [3.63, 3.8) is 0 Å². The Bertz CT molecular complexity index is 239. The van der Waals surface area contributed by atoms with E-state index in [1.807, 2.05) is 13.8 Å². The van der Waals surface area contributed by atoms with Crippen molar-refractivity contribution >= 4 is 11.8 Å². The number of amides is 2. The van der Waals surface area contributed by atoms with E-state index in [0.717, 1.165) is 12.8 Å². The third kappa shape index (κ3) is 13.1. The molecule has 2 amide bonds. The Morgan fingerprint density at radius 3 is 2.11 bits per heavy atom. The molecule has 0 saturated heterocycles. The third-order valence-corrected chi connectivity index (χ3v) is 2.49. The highest BCUT2D eigenvalue weighted by Crippen LogP contribution is 2.02. The summed E-state index contributed by atoms with van der Waals surface area (Å²) < 4.78 is 5.17. The molecule has 0 spiro atoms. The van der Waals surface area contributed by atoms with Crippen LogP contribution in [0.3, 0.4) is 0 Å². The highest BCUT2D eigenvalue weighted by molar-refractivity contribution is 5.77. The van der Waals surface area contributed by atoms with E-state index < -0.39 is 0 Å². The normalized spacial score (nSPS) is 10.8. The maximum Gasteiger partial charge on any atom is 0.246 e. The number of carbonyl (C=O) groups is 2. The third-order valence-electron chi connectivity index (χ3n) is 2.49. The van der Waals surface area contributed by atoms with Gasteiger partial charge in [-0.25, -0.2) is 0 Å². The van der Waals surface area contributed by atoms with E-state index in [0.29, 0.717) is 25.4 Å². The minimum atomic E-state index is -0.111. The second-order valence-electron chi connectivity index (χ2n) is 5.35. The number of rotatable bonds is 10. The molecule has 0 aliphatic rings. The molecule has 0 saturated carbocycles. The highest BCUT2D eigenvalue weighted by atomic mass is 16.5. The van der Waals surface area contributed by atoms with Gasteiger partial charge in [0.15, 0.2) is 0 Å². The van der Waals surface area contributed by atoms with Crippen LogP contribution in [0.15, 0.2) is 0 Å². The summed E-state index contributed by atoms with van der Waals surface area (Å²) in [5.41, 5.74) is 0. The maximum atomic E-state index is 11.4. The molecule has 0 aliphatic heterocycles. The average molecular weight is 272 g/mol. The molecule has 0 aromatic carbocycles. The zero-order chi connectivity index (χ0) is 14.7. The van der Waals surface area contributed by atoms with E-state index in [9.17, 15) is 9.59 Å². The van der Waals surface area contributed by atoms with Crippen LogP contribution in [0.4, 0.5) is 0 Å². The fourth-order valence-corrected chi connectivity index (χ4v) is 1.35. The molecule has 5 nitrogen and oxygen atoms in total. The number of hydrogen-bond donors (Lipinski definition) is 2. The number of hydrogen-bond acceptors (Lipinski definition) is 3. The summed E-state index contributed by atoms with van der Waals surface area (Å²) >= 11 is 0. The van der Waals surface area contributed by atoms with Crippen molar-refractivity contribution in [3.8, 4) is 0 Å². The van der Waals surface area contributed by atoms with Gasteiger partial charge in [0.05, 0.1) is 6.10 Å². The molecule has 0 atom stereocenters. The molecule has 112 valence electrons. The van der Waals surface area contributed by atoms with Crippen molar-refractivity contribution in [1.82, 2.24) is 10.6 Å². The lowest BCUT2D eigenvalue weighted by molar-refractivity contribution is -0.127.